The van der Waals surface area contributed by atoms with Crippen LogP contribution in [0, 0.1) is 0 Å². The molecule has 0 spiro atoms. The van der Waals surface area contributed by atoms with Gasteiger partial charge in [0, 0.05) is 0 Å². The Labute approximate surface area is 69.1 Å². The molecule has 0 saturated heterocycles. The van der Waals surface area contributed by atoms with E-state index in [-0.39, 0.29) is 0 Å². The summed E-state index contributed by atoms with van der Waals surface area (Å²) in [6.45, 7) is 6.02. The zero-order valence-electron chi connectivity index (χ0n) is 7.72. The molecule has 1 heteroatoms. The molecule has 0 N–H and O–H groups in total. The highest BCUT2D eigenvalue weighted by Gasteiger charge is 1.84. The minimum absolute atomic E-state index is 0.895. The summed E-state index contributed by atoms with van der Waals surface area (Å²) in [4.78, 5) is 0. The summed E-state index contributed by atoms with van der Waals surface area (Å²) < 4.78 is 5.04. The largest absolute Gasteiger partial charge is 0.497 e. The van der Waals surface area contributed by atoms with E-state index in [1.54, 1.807) is 7.11 Å². The molecule has 0 rings (SSSR count). The lowest BCUT2D eigenvalue weighted by Crippen LogP contribution is -1.79. The lowest BCUT2D eigenvalue weighted by atomic mass is 10.2. The fraction of sp³-hybridized carbons (Fsp3) is 0.400. The second kappa shape index (κ2) is 5.78. The smallest absolute Gasteiger partial charge is 0.114 e. The maximum absolute atomic E-state index is 5.04. The molecule has 0 amide bonds. The molecule has 0 aromatic carbocycles. The summed E-state index contributed by atoms with van der Waals surface area (Å²) in [6, 6.07) is 0. The van der Waals surface area contributed by atoms with Crippen LogP contribution < -0.4 is 0 Å². The van der Waals surface area contributed by atoms with E-state index in [1.165, 1.54) is 5.57 Å². The number of allylic oxidation sites excluding steroid dienone is 5. The number of hydrogen-bond acceptors (Lipinski definition) is 1. The highest BCUT2D eigenvalue weighted by molar-refractivity contribution is 5.22. The molecule has 62 valence electrons. The van der Waals surface area contributed by atoms with Gasteiger partial charge in [0.1, 0.15) is 5.76 Å². The first-order valence-corrected chi connectivity index (χ1v) is 3.76. The Morgan fingerprint density at radius 1 is 1.09 bits per heavy atom. The predicted octanol–water partition coefficient (Wildman–Crippen LogP) is 3.06. The van der Waals surface area contributed by atoms with Gasteiger partial charge in [-0.1, -0.05) is 17.7 Å². The second-order valence-electron chi connectivity index (χ2n) is 2.26. The molecule has 0 aliphatic rings. The van der Waals surface area contributed by atoms with Crippen molar-refractivity contribution in [3.8, 4) is 0 Å². The molecular formula is C10H16O. The second-order valence-corrected chi connectivity index (χ2v) is 2.26. The van der Waals surface area contributed by atoms with Crippen molar-refractivity contribution < 1.29 is 4.74 Å². The van der Waals surface area contributed by atoms with Crippen molar-refractivity contribution in [2.45, 2.75) is 20.8 Å². The third-order valence-electron chi connectivity index (χ3n) is 1.49. The van der Waals surface area contributed by atoms with Gasteiger partial charge in [0.15, 0.2) is 0 Å². The molecule has 1 nitrogen and oxygen atoms in total. The average molecular weight is 152 g/mol. The van der Waals surface area contributed by atoms with Crippen molar-refractivity contribution in [2.24, 2.45) is 0 Å². The highest BCUT2D eigenvalue weighted by Crippen LogP contribution is 2.01. The van der Waals surface area contributed by atoms with Crippen LogP contribution in [0.4, 0.5) is 0 Å². The van der Waals surface area contributed by atoms with E-state index in [0.717, 1.165) is 5.76 Å². The third kappa shape index (κ3) is 4.43. The van der Waals surface area contributed by atoms with Gasteiger partial charge in [-0.05, 0) is 32.9 Å². The van der Waals surface area contributed by atoms with E-state index in [4.69, 9.17) is 4.74 Å². The topological polar surface area (TPSA) is 9.23 Å². The van der Waals surface area contributed by atoms with Crippen LogP contribution in [0.15, 0.2) is 35.6 Å². The zero-order valence-corrected chi connectivity index (χ0v) is 7.72. The van der Waals surface area contributed by atoms with Crippen LogP contribution in [-0.4, -0.2) is 7.11 Å². The monoisotopic (exact) mass is 152 g/mol. The lowest BCUT2D eigenvalue weighted by molar-refractivity contribution is 0.306. The van der Waals surface area contributed by atoms with Crippen LogP contribution >= 0.6 is 0 Å². The van der Waals surface area contributed by atoms with E-state index in [0.29, 0.717) is 0 Å². The molecule has 0 aliphatic heterocycles. The summed E-state index contributed by atoms with van der Waals surface area (Å²) >= 11 is 0. The summed E-state index contributed by atoms with van der Waals surface area (Å²) in [5, 5.41) is 0. The Balaban J connectivity index is 4.12. The van der Waals surface area contributed by atoms with Crippen molar-refractivity contribution in [3.05, 3.63) is 35.6 Å². The molecule has 0 atom stereocenters. The summed E-state index contributed by atoms with van der Waals surface area (Å²) in [5.41, 5.74) is 1.24. The molecule has 0 aromatic rings. The third-order valence-corrected chi connectivity index (χ3v) is 1.49. The van der Waals surface area contributed by atoms with Gasteiger partial charge in [-0.15, -0.1) is 0 Å². The van der Waals surface area contributed by atoms with Crippen LogP contribution in [0.1, 0.15) is 20.8 Å². The van der Waals surface area contributed by atoms with E-state index < -0.39 is 0 Å². The maximum atomic E-state index is 5.04. The van der Waals surface area contributed by atoms with Gasteiger partial charge >= 0.3 is 0 Å². The Hall–Kier alpha value is -0.980. The molecule has 0 bridgehead atoms. The van der Waals surface area contributed by atoms with E-state index >= 15 is 0 Å². The first-order chi connectivity index (χ1) is 5.24. The van der Waals surface area contributed by atoms with Crippen LogP contribution in [0.2, 0.25) is 0 Å². The molecule has 0 saturated carbocycles. The summed E-state index contributed by atoms with van der Waals surface area (Å²) in [7, 11) is 1.67. The van der Waals surface area contributed by atoms with Crippen molar-refractivity contribution in [2.75, 3.05) is 7.11 Å². The molecule has 0 aliphatic carbocycles. The number of methoxy groups -OCH3 is 1. The fourth-order valence-corrected chi connectivity index (χ4v) is 0.592. The van der Waals surface area contributed by atoms with Gasteiger partial charge in [-0.2, -0.15) is 0 Å². The van der Waals surface area contributed by atoms with Gasteiger partial charge in [0.25, 0.3) is 0 Å². The molecule has 11 heavy (non-hydrogen) atoms. The normalized spacial score (nSPS) is 14.2. The fourth-order valence-electron chi connectivity index (χ4n) is 0.592. The molecule has 0 unspecified atom stereocenters. The van der Waals surface area contributed by atoms with E-state index in [2.05, 4.69) is 13.0 Å². The van der Waals surface area contributed by atoms with E-state index in [1.807, 2.05) is 32.1 Å². The molecule has 0 aromatic heterocycles. The first-order valence-electron chi connectivity index (χ1n) is 3.76. The zero-order chi connectivity index (χ0) is 8.69. The minimum atomic E-state index is 0.895. The molecule has 0 fully saturated rings. The quantitative estimate of drug-likeness (QED) is 0.446. The average Bonchev–Trinajstić information content (AvgIpc) is 2.06. The van der Waals surface area contributed by atoms with Gasteiger partial charge in [-0.25, -0.2) is 0 Å². The van der Waals surface area contributed by atoms with Crippen molar-refractivity contribution >= 4 is 0 Å². The predicted molar refractivity (Wildman–Crippen MR) is 49.3 cm³/mol. The molecular weight excluding hydrogens is 136 g/mol. The van der Waals surface area contributed by atoms with Crippen LogP contribution in [0.25, 0.3) is 0 Å². The summed E-state index contributed by atoms with van der Waals surface area (Å²) in [6.07, 6.45) is 7.97. The van der Waals surface area contributed by atoms with Crippen LogP contribution in [-0.2, 0) is 4.74 Å². The van der Waals surface area contributed by atoms with E-state index in [9.17, 15) is 0 Å². The van der Waals surface area contributed by atoms with Crippen LogP contribution in [0.3, 0.4) is 0 Å². The molecule has 0 radical (unpaired) electrons. The standard InChI is InChI=1S/C10H16O/c1-5-9(3)7-8-10(6-2)11-4/h5-8H,1-4H3/b8-7-,9-5?,10-6+. The number of rotatable bonds is 3. The van der Waals surface area contributed by atoms with Crippen LogP contribution in [0.5, 0.6) is 0 Å². The number of ether oxygens (including phenoxy) is 1. The summed E-state index contributed by atoms with van der Waals surface area (Å²) in [5.74, 6) is 0.895. The Morgan fingerprint density at radius 2 is 1.73 bits per heavy atom. The van der Waals surface area contributed by atoms with Crippen molar-refractivity contribution in [1.29, 1.82) is 0 Å². The Bertz CT molecular complexity index is 185. The highest BCUT2D eigenvalue weighted by atomic mass is 16.5. The van der Waals surface area contributed by atoms with Crippen molar-refractivity contribution in [1.82, 2.24) is 0 Å². The Kier molecular flexibility index (Phi) is 5.26. The van der Waals surface area contributed by atoms with Gasteiger partial charge < -0.3 is 4.74 Å². The SMILES string of the molecule is CC=C(C)/C=C\C(=C/C)OC. The van der Waals surface area contributed by atoms with Gasteiger partial charge in [0.05, 0.1) is 7.11 Å². The lowest BCUT2D eigenvalue weighted by Gasteiger charge is -1.97. The minimum Gasteiger partial charge on any atom is -0.497 e. The van der Waals surface area contributed by atoms with Crippen molar-refractivity contribution in [3.63, 3.8) is 0 Å². The van der Waals surface area contributed by atoms with Gasteiger partial charge in [0.2, 0.25) is 0 Å². The maximum Gasteiger partial charge on any atom is 0.114 e. The van der Waals surface area contributed by atoms with Gasteiger partial charge in [-0.3, -0.25) is 0 Å². The Morgan fingerprint density at radius 3 is 2.09 bits per heavy atom. The first kappa shape index (κ1) is 10.0. The molecule has 0 heterocycles. The number of hydrogen-bond donors (Lipinski definition) is 0.